The van der Waals surface area contributed by atoms with E-state index in [1.807, 2.05) is 32.1 Å². The SMILES string of the molecule is C=C(/C(C)=C\CC)/C(=C\C=C\C(C)NC(=O)N(C1CC1)C1CCN(C)CC1)OC. The summed E-state index contributed by atoms with van der Waals surface area (Å²) in [6.07, 6.45) is 13.3. The number of hydrogen-bond acceptors (Lipinski definition) is 3. The van der Waals surface area contributed by atoms with Gasteiger partial charge in [0.2, 0.25) is 0 Å². The number of methoxy groups -OCH3 is 1. The van der Waals surface area contributed by atoms with Gasteiger partial charge in [0, 0.05) is 23.7 Å². The Kier molecular flexibility index (Phi) is 9.02. The van der Waals surface area contributed by atoms with E-state index >= 15 is 0 Å². The van der Waals surface area contributed by atoms with Crippen molar-refractivity contribution in [3.63, 3.8) is 0 Å². The lowest BCUT2D eigenvalue weighted by Crippen LogP contribution is -2.52. The molecular weight excluding hydrogens is 362 g/mol. The van der Waals surface area contributed by atoms with Crippen molar-refractivity contribution in [3.05, 3.63) is 47.8 Å². The van der Waals surface area contributed by atoms with Gasteiger partial charge >= 0.3 is 6.03 Å². The van der Waals surface area contributed by atoms with Gasteiger partial charge in [0.1, 0.15) is 5.76 Å². The van der Waals surface area contributed by atoms with Gasteiger partial charge in [0.25, 0.3) is 0 Å². The first-order valence-electron chi connectivity index (χ1n) is 10.9. The highest BCUT2D eigenvalue weighted by Gasteiger charge is 2.38. The van der Waals surface area contributed by atoms with Crippen molar-refractivity contribution in [2.24, 2.45) is 0 Å². The molecule has 1 heterocycles. The average molecular weight is 402 g/mol. The van der Waals surface area contributed by atoms with Crippen molar-refractivity contribution < 1.29 is 9.53 Å². The second kappa shape index (κ2) is 11.2. The quantitative estimate of drug-likeness (QED) is 0.452. The summed E-state index contributed by atoms with van der Waals surface area (Å²) in [6, 6.07) is 0.814. The van der Waals surface area contributed by atoms with E-state index in [0.717, 1.165) is 62.1 Å². The van der Waals surface area contributed by atoms with Gasteiger partial charge in [-0.05, 0) is 77.7 Å². The van der Waals surface area contributed by atoms with E-state index in [-0.39, 0.29) is 12.1 Å². The van der Waals surface area contributed by atoms with Gasteiger partial charge in [-0.15, -0.1) is 0 Å². The maximum absolute atomic E-state index is 12.9. The second-order valence-electron chi connectivity index (χ2n) is 8.30. The van der Waals surface area contributed by atoms with Crippen LogP contribution in [0.2, 0.25) is 0 Å². The molecule has 5 nitrogen and oxygen atoms in total. The molecule has 2 amide bonds. The van der Waals surface area contributed by atoms with Crippen LogP contribution in [-0.4, -0.2) is 61.2 Å². The Labute approximate surface area is 177 Å². The van der Waals surface area contributed by atoms with Crippen molar-refractivity contribution in [3.8, 4) is 0 Å². The Morgan fingerprint density at radius 3 is 2.45 bits per heavy atom. The molecule has 0 aromatic heterocycles. The summed E-state index contributed by atoms with van der Waals surface area (Å²) in [7, 11) is 3.81. The molecule has 1 saturated carbocycles. The predicted molar refractivity (Wildman–Crippen MR) is 121 cm³/mol. The number of nitrogens with one attached hydrogen (secondary N) is 1. The van der Waals surface area contributed by atoms with E-state index in [0.29, 0.717) is 12.1 Å². The van der Waals surface area contributed by atoms with Gasteiger partial charge in [-0.25, -0.2) is 4.79 Å². The van der Waals surface area contributed by atoms with E-state index < -0.39 is 0 Å². The zero-order chi connectivity index (χ0) is 21.4. The smallest absolute Gasteiger partial charge is 0.318 e. The molecule has 2 fully saturated rings. The van der Waals surface area contributed by atoms with Crippen LogP contribution in [0.25, 0.3) is 0 Å². The first-order chi connectivity index (χ1) is 13.9. The van der Waals surface area contributed by atoms with Gasteiger partial charge in [-0.1, -0.05) is 31.7 Å². The summed E-state index contributed by atoms with van der Waals surface area (Å²) in [5, 5.41) is 3.16. The van der Waals surface area contributed by atoms with Crippen LogP contribution in [0, 0.1) is 0 Å². The molecule has 162 valence electrons. The minimum Gasteiger partial charge on any atom is -0.496 e. The van der Waals surface area contributed by atoms with Crippen LogP contribution < -0.4 is 5.32 Å². The first kappa shape index (κ1) is 23.3. The number of nitrogens with zero attached hydrogens (tertiary/aromatic N) is 2. The van der Waals surface area contributed by atoms with Crippen LogP contribution in [0.5, 0.6) is 0 Å². The van der Waals surface area contributed by atoms with E-state index in [9.17, 15) is 4.79 Å². The third-order valence-electron chi connectivity index (χ3n) is 5.76. The molecule has 0 aromatic carbocycles. The van der Waals surface area contributed by atoms with Crippen LogP contribution >= 0.6 is 0 Å². The highest BCUT2D eigenvalue weighted by atomic mass is 16.5. The third kappa shape index (κ3) is 7.07. The lowest BCUT2D eigenvalue weighted by atomic mass is 10.0. The summed E-state index contributed by atoms with van der Waals surface area (Å²) in [5.74, 6) is 0.743. The van der Waals surface area contributed by atoms with E-state index in [1.54, 1.807) is 7.11 Å². The van der Waals surface area contributed by atoms with Crippen molar-refractivity contribution in [2.45, 2.75) is 71.0 Å². The number of hydrogen-bond donors (Lipinski definition) is 1. The van der Waals surface area contributed by atoms with Crippen LogP contribution in [0.4, 0.5) is 4.79 Å². The first-order valence-corrected chi connectivity index (χ1v) is 10.9. The number of carbonyl (C=O) groups excluding carboxylic acids is 1. The zero-order valence-electron chi connectivity index (χ0n) is 18.9. The van der Waals surface area contributed by atoms with Crippen molar-refractivity contribution in [1.82, 2.24) is 15.1 Å². The van der Waals surface area contributed by atoms with E-state index in [4.69, 9.17) is 4.74 Å². The molecule has 1 N–H and O–H groups in total. The van der Waals surface area contributed by atoms with Crippen molar-refractivity contribution in [1.29, 1.82) is 0 Å². The van der Waals surface area contributed by atoms with Gasteiger partial charge in [-0.3, -0.25) is 0 Å². The van der Waals surface area contributed by atoms with Gasteiger partial charge in [0.15, 0.2) is 0 Å². The highest BCUT2D eigenvalue weighted by Crippen LogP contribution is 2.31. The Hall–Kier alpha value is -2.01. The molecule has 2 aliphatic rings. The number of ether oxygens (including phenoxy) is 1. The highest BCUT2D eigenvalue weighted by molar-refractivity contribution is 5.76. The molecule has 29 heavy (non-hydrogen) atoms. The molecule has 1 aliphatic heterocycles. The Bertz CT molecular complexity index is 653. The van der Waals surface area contributed by atoms with Gasteiger partial charge < -0.3 is 19.9 Å². The van der Waals surface area contributed by atoms with Gasteiger partial charge in [-0.2, -0.15) is 0 Å². The lowest BCUT2D eigenvalue weighted by molar-refractivity contribution is 0.126. The fourth-order valence-corrected chi connectivity index (χ4v) is 3.80. The van der Waals surface area contributed by atoms with E-state index in [1.165, 1.54) is 0 Å². The van der Waals surface area contributed by atoms with Crippen LogP contribution in [0.1, 0.15) is 52.9 Å². The number of carbonyl (C=O) groups is 1. The molecule has 0 bridgehead atoms. The lowest BCUT2D eigenvalue weighted by Gasteiger charge is -2.38. The van der Waals surface area contributed by atoms with Crippen LogP contribution in [0.3, 0.4) is 0 Å². The number of allylic oxidation sites excluding steroid dienone is 4. The molecule has 1 aliphatic carbocycles. The molecule has 0 radical (unpaired) electrons. The van der Waals surface area contributed by atoms with Crippen LogP contribution in [0.15, 0.2) is 47.8 Å². The summed E-state index contributed by atoms with van der Waals surface area (Å²) in [4.78, 5) is 17.4. The molecule has 0 aromatic rings. The Morgan fingerprint density at radius 2 is 1.90 bits per heavy atom. The monoisotopic (exact) mass is 401 g/mol. The van der Waals surface area contributed by atoms with E-state index in [2.05, 4.69) is 41.7 Å². The largest absolute Gasteiger partial charge is 0.496 e. The van der Waals surface area contributed by atoms with Crippen LogP contribution in [-0.2, 0) is 4.74 Å². The minimum absolute atomic E-state index is 0.0510. The third-order valence-corrected chi connectivity index (χ3v) is 5.76. The summed E-state index contributed by atoms with van der Waals surface area (Å²) >= 11 is 0. The maximum atomic E-state index is 12.9. The predicted octanol–water partition coefficient (Wildman–Crippen LogP) is 4.64. The molecule has 0 spiro atoms. The van der Waals surface area contributed by atoms with Crippen molar-refractivity contribution in [2.75, 3.05) is 27.2 Å². The normalized spacial score (nSPS) is 20.6. The molecule has 1 saturated heterocycles. The number of rotatable bonds is 9. The Balaban J connectivity index is 1.93. The summed E-state index contributed by atoms with van der Waals surface area (Å²) in [5.41, 5.74) is 2.01. The second-order valence-corrected chi connectivity index (χ2v) is 8.30. The number of likely N-dealkylation sites (tertiary alicyclic amines) is 1. The molecule has 1 unspecified atom stereocenters. The topological polar surface area (TPSA) is 44.8 Å². The number of piperidine rings is 1. The zero-order valence-corrected chi connectivity index (χ0v) is 18.9. The number of urea groups is 1. The Morgan fingerprint density at radius 1 is 1.28 bits per heavy atom. The molecule has 1 atom stereocenters. The minimum atomic E-state index is -0.0510. The average Bonchev–Trinajstić information content (AvgIpc) is 3.51. The molecule has 2 rings (SSSR count). The number of amides is 2. The maximum Gasteiger partial charge on any atom is 0.318 e. The summed E-state index contributed by atoms with van der Waals surface area (Å²) < 4.78 is 5.48. The van der Waals surface area contributed by atoms with Gasteiger partial charge in [0.05, 0.1) is 7.11 Å². The fraction of sp³-hybridized carbons (Fsp3) is 0.625. The molecule has 5 heteroatoms. The molecular formula is C24H39N3O2. The standard InChI is InChI=1S/C24H39N3O2/c1-7-9-18(2)20(4)23(29-6)11-8-10-19(3)25-24(28)27(21-12-13-21)22-14-16-26(5)17-15-22/h8-11,19,21-22H,4,7,12-17H2,1-3,5-6H3,(H,25,28)/b10-8+,18-9-,23-11+. The summed E-state index contributed by atoms with van der Waals surface area (Å²) in [6.45, 7) is 12.4. The fourth-order valence-electron chi connectivity index (χ4n) is 3.80. The van der Waals surface area contributed by atoms with Crippen molar-refractivity contribution >= 4 is 6.03 Å².